The van der Waals surface area contributed by atoms with E-state index in [1.807, 2.05) is 0 Å². The van der Waals surface area contributed by atoms with E-state index in [-0.39, 0.29) is 0 Å². The van der Waals surface area contributed by atoms with Crippen molar-refractivity contribution in [3.05, 3.63) is 53.1 Å². The second-order valence-electron chi connectivity index (χ2n) is 6.78. The maximum Gasteiger partial charge on any atom is 0.161 e. The average Bonchev–Trinajstić information content (AvgIpc) is 2.68. The van der Waals surface area contributed by atoms with Gasteiger partial charge in [0.15, 0.2) is 11.5 Å². The predicted octanol–water partition coefficient (Wildman–Crippen LogP) is 4.44. The molecule has 0 radical (unpaired) electrons. The first kappa shape index (κ1) is 18.6. The zero-order chi connectivity index (χ0) is 18.4. The Bertz CT molecular complexity index is 712. The van der Waals surface area contributed by atoms with Gasteiger partial charge in [0.2, 0.25) is 0 Å². The number of hydrogen-bond acceptors (Lipinski definition) is 4. The van der Waals surface area contributed by atoms with E-state index in [0.717, 1.165) is 62.8 Å². The molecule has 0 saturated heterocycles. The Morgan fingerprint density at radius 2 is 1.65 bits per heavy atom. The molecule has 0 aromatic heterocycles. The SMILES string of the molecule is CCCCOc1ccc(CN2CCc3cc(OC)c(OC)cc3C2)cc1. The van der Waals surface area contributed by atoms with E-state index >= 15 is 0 Å². The summed E-state index contributed by atoms with van der Waals surface area (Å²) in [5.41, 5.74) is 4.00. The summed E-state index contributed by atoms with van der Waals surface area (Å²) in [4.78, 5) is 2.47. The molecule has 4 heteroatoms. The predicted molar refractivity (Wildman–Crippen MR) is 104 cm³/mol. The largest absolute Gasteiger partial charge is 0.494 e. The lowest BCUT2D eigenvalue weighted by Crippen LogP contribution is -2.30. The lowest BCUT2D eigenvalue weighted by atomic mass is 9.98. The topological polar surface area (TPSA) is 30.9 Å². The first-order valence-electron chi connectivity index (χ1n) is 9.41. The van der Waals surface area contributed by atoms with Crippen LogP contribution in [0.1, 0.15) is 36.5 Å². The Morgan fingerprint density at radius 1 is 0.962 bits per heavy atom. The van der Waals surface area contributed by atoms with Crippen molar-refractivity contribution in [2.24, 2.45) is 0 Å². The van der Waals surface area contributed by atoms with Gasteiger partial charge in [-0.25, -0.2) is 0 Å². The number of fused-ring (bicyclic) bond motifs is 1. The van der Waals surface area contributed by atoms with Gasteiger partial charge < -0.3 is 14.2 Å². The number of nitrogens with zero attached hydrogens (tertiary/aromatic N) is 1. The Balaban J connectivity index is 1.62. The monoisotopic (exact) mass is 355 g/mol. The highest BCUT2D eigenvalue weighted by Crippen LogP contribution is 2.33. The molecule has 1 aliphatic rings. The van der Waals surface area contributed by atoms with Crippen LogP contribution in [0.4, 0.5) is 0 Å². The molecular weight excluding hydrogens is 326 g/mol. The van der Waals surface area contributed by atoms with Crippen LogP contribution in [0.3, 0.4) is 0 Å². The van der Waals surface area contributed by atoms with E-state index < -0.39 is 0 Å². The van der Waals surface area contributed by atoms with Gasteiger partial charge in [-0.2, -0.15) is 0 Å². The second-order valence-corrected chi connectivity index (χ2v) is 6.78. The van der Waals surface area contributed by atoms with E-state index in [1.54, 1.807) is 14.2 Å². The van der Waals surface area contributed by atoms with Gasteiger partial charge in [0.1, 0.15) is 5.75 Å². The Morgan fingerprint density at radius 3 is 2.31 bits per heavy atom. The molecule has 1 heterocycles. The molecule has 0 amide bonds. The fraction of sp³-hybridized carbons (Fsp3) is 0.455. The Kier molecular flexibility index (Phi) is 6.40. The normalized spacial score (nSPS) is 14.0. The highest BCUT2D eigenvalue weighted by Gasteiger charge is 2.19. The smallest absolute Gasteiger partial charge is 0.161 e. The van der Waals surface area contributed by atoms with Gasteiger partial charge in [0.25, 0.3) is 0 Å². The molecule has 0 fully saturated rings. The van der Waals surface area contributed by atoms with Crippen LogP contribution in [0.2, 0.25) is 0 Å². The summed E-state index contributed by atoms with van der Waals surface area (Å²) in [6.07, 6.45) is 3.29. The van der Waals surface area contributed by atoms with Crippen molar-refractivity contribution in [1.29, 1.82) is 0 Å². The van der Waals surface area contributed by atoms with Crippen LogP contribution in [-0.4, -0.2) is 32.3 Å². The van der Waals surface area contributed by atoms with E-state index in [4.69, 9.17) is 14.2 Å². The van der Waals surface area contributed by atoms with Crippen molar-refractivity contribution in [3.63, 3.8) is 0 Å². The van der Waals surface area contributed by atoms with Gasteiger partial charge in [-0.1, -0.05) is 25.5 Å². The lowest BCUT2D eigenvalue weighted by molar-refractivity contribution is 0.244. The molecule has 1 aliphatic heterocycles. The summed E-state index contributed by atoms with van der Waals surface area (Å²) in [6.45, 7) is 5.91. The molecule has 0 unspecified atom stereocenters. The first-order chi connectivity index (χ1) is 12.7. The van der Waals surface area contributed by atoms with Crippen molar-refractivity contribution >= 4 is 0 Å². The van der Waals surface area contributed by atoms with Crippen molar-refractivity contribution < 1.29 is 14.2 Å². The standard InChI is InChI=1S/C22H29NO3/c1-4-5-12-26-20-8-6-17(7-9-20)15-23-11-10-18-13-21(24-2)22(25-3)14-19(18)16-23/h6-9,13-14H,4-5,10-12,15-16H2,1-3H3. The summed E-state index contributed by atoms with van der Waals surface area (Å²) in [7, 11) is 3.38. The molecule has 4 nitrogen and oxygen atoms in total. The summed E-state index contributed by atoms with van der Waals surface area (Å²) >= 11 is 0. The quantitative estimate of drug-likeness (QED) is 0.655. The third-order valence-electron chi connectivity index (χ3n) is 4.89. The van der Waals surface area contributed by atoms with Crippen LogP contribution in [0.25, 0.3) is 0 Å². The molecule has 2 aromatic rings. The minimum atomic E-state index is 0.796. The molecule has 0 N–H and O–H groups in total. The van der Waals surface area contributed by atoms with Crippen LogP contribution < -0.4 is 14.2 Å². The van der Waals surface area contributed by atoms with E-state index in [0.29, 0.717) is 0 Å². The van der Waals surface area contributed by atoms with Gasteiger partial charge >= 0.3 is 0 Å². The molecule has 2 aromatic carbocycles. The highest BCUT2D eigenvalue weighted by molar-refractivity contribution is 5.48. The van der Waals surface area contributed by atoms with E-state index in [9.17, 15) is 0 Å². The Labute approximate surface area is 156 Å². The lowest BCUT2D eigenvalue weighted by Gasteiger charge is -2.29. The van der Waals surface area contributed by atoms with Crippen molar-refractivity contribution in [1.82, 2.24) is 4.90 Å². The molecule has 140 valence electrons. The van der Waals surface area contributed by atoms with E-state index in [1.165, 1.54) is 16.7 Å². The number of rotatable bonds is 8. The van der Waals surface area contributed by atoms with Gasteiger partial charge in [-0.05, 0) is 53.8 Å². The molecule has 0 atom stereocenters. The number of methoxy groups -OCH3 is 2. The number of benzene rings is 2. The third kappa shape index (κ3) is 4.50. The molecule has 3 rings (SSSR count). The summed E-state index contributed by atoms with van der Waals surface area (Å²) in [5.74, 6) is 2.59. The van der Waals surface area contributed by atoms with E-state index in [2.05, 4.69) is 48.2 Å². The maximum atomic E-state index is 5.75. The van der Waals surface area contributed by atoms with Crippen LogP contribution in [0.15, 0.2) is 36.4 Å². The molecule has 0 saturated carbocycles. The van der Waals surface area contributed by atoms with Crippen LogP contribution in [0, 0.1) is 0 Å². The van der Waals surface area contributed by atoms with Crippen molar-refractivity contribution in [3.8, 4) is 17.2 Å². The molecule has 0 aliphatic carbocycles. The van der Waals surface area contributed by atoms with Crippen molar-refractivity contribution in [2.75, 3.05) is 27.4 Å². The molecular formula is C22H29NO3. The van der Waals surface area contributed by atoms with Crippen molar-refractivity contribution in [2.45, 2.75) is 39.3 Å². The van der Waals surface area contributed by atoms with Crippen LogP contribution >= 0.6 is 0 Å². The molecule has 0 bridgehead atoms. The van der Waals surface area contributed by atoms with Gasteiger partial charge in [-0.15, -0.1) is 0 Å². The fourth-order valence-electron chi connectivity index (χ4n) is 3.36. The summed E-state index contributed by atoms with van der Waals surface area (Å²) in [6, 6.07) is 12.7. The van der Waals surface area contributed by atoms with Crippen LogP contribution in [-0.2, 0) is 19.5 Å². The third-order valence-corrected chi connectivity index (χ3v) is 4.89. The average molecular weight is 355 g/mol. The Hall–Kier alpha value is -2.20. The fourth-order valence-corrected chi connectivity index (χ4v) is 3.36. The number of hydrogen-bond donors (Lipinski definition) is 0. The second kappa shape index (κ2) is 8.95. The maximum absolute atomic E-state index is 5.75. The van der Waals surface area contributed by atoms with Gasteiger partial charge in [0, 0.05) is 19.6 Å². The summed E-state index contributed by atoms with van der Waals surface area (Å²) in [5, 5.41) is 0. The van der Waals surface area contributed by atoms with Crippen LogP contribution in [0.5, 0.6) is 17.2 Å². The zero-order valence-corrected chi connectivity index (χ0v) is 16.1. The minimum Gasteiger partial charge on any atom is -0.494 e. The zero-order valence-electron chi connectivity index (χ0n) is 16.1. The van der Waals surface area contributed by atoms with Gasteiger partial charge in [0.05, 0.1) is 20.8 Å². The molecule has 26 heavy (non-hydrogen) atoms. The molecule has 0 spiro atoms. The number of unbranched alkanes of at least 4 members (excludes halogenated alkanes) is 1. The minimum absolute atomic E-state index is 0.796. The van der Waals surface area contributed by atoms with Gasteiger partial charge in [-0.3, -0.25) is 4.90 Å². The first-order valence-corrected chi connectivity index (χ1v) is 9.41. The number of ether oxygens (including phenoxy) is 3. The highest BCUT2D eigenvalue weighted by atomic mass is 16.5. The summed E-state index contributed by atoms with van der Waals surface area (Å²) < 4.78 is 16.6.